The minimum Gasteiger partial charge on any atom is -0.325 e. The predicted molar refractivity (Wildman–Crippen MR) is 57.3 cm³/mol. The zero-order valence-electron chi connectivity index (χ0n) is 7.00. The number of fused-ring (bicyclic) bond motifs is 1. The Balaban J connectivity index is 2.74. The van der Waals surface area contributed by atoms with Gasteiger partial charge in [0.05, 0.1) is 11.2 Å². The Labute approximate surface area is 84.9 Å². The van der Waals surface area contributed by atoms with Crippen molar-refractivity contribution in [1.29, 1.82) is 0 Å². The third-order valence-corrected chi connectivity index (χ3v) is 2.58. The molecule has 0 aliphatic heterocycles. The summed E-state index contributed by atoms with van der Waals surface area (Å²) in [5.41, 5.74) is 7.41. The molecule has 66 valence electrons. The first-order chi connectivity index (χ1) is 6.31. The maximum Gasteiger partial charge on any atom is 0.0847 e. The summed E-state index contributed by atoms with van der Waals surface area (Å²) >= 11 is 3.46. The third kappa shape index (κ3) is 1.57. The lowest BCUT2D eigenvalue weighted by molar-refractivity contribution is 1.01. The van der Waals surface area contributed by atoms with E-state index < -0.39 is 0 Å². The van der Waals surface area contributed by atoms with Crippen LogP contribution in [0.1, 0.15) is 5.69 Å². The van der Waals surface area contributed by atoms with Gasteiger partial charge in [0.2, 0.25) is 0 Å². The zero-order valence-corrected chi connectivity index (χ0v) is 8.58. The quantitative estimate of drug-likeness (QED) is 0.827. The van der Waals surface area contributed by atoms with Gasteiger partial charge in [-0.15, -0.1) is 0 Å². The van der Waals surface area contributed by atoms with Gasteiger partial charge in [-0.1, -0.05) is 18.2 Å². The van der Waals surface area contributed by atoms with Gasteiger partial charge in [0.15, 0.2) is 0 Å². The van der Waals surface area contributed by atoms with Crippen LogP contribution in [0, 0.1) is 0 Å². The fourth-order valence-corrected chi connectivity index (χ4v) is 1.74. The minimum atomic E-state index is 0.483. The van der Waals surface area contributed by atoms with Crippen molar-refractivity contribution < 1.29 is 0 Å². The number of aromatic nitrogens is 1. The number of hydrogen-bond donors (Lipinski definition) is 1. The van der Waals surface area contributed by atoms with Crippen LogP contribution in [-0.4, -0.2) is 4.98 Å². The van der Waals surface area contributed by atoms with E-state index in [2.05, 4.69) is 20.9 Å². The van der Waals surface area contributed by atoms with Crippen LogP contribution in [0.25, 0.3) is 10.9 Å². The number of hydrogen-bond acceptors (Lipinski definition) is 2. The molecule has 0 fully saturated rings. The van der Waals surface area contributed by atoms with Gasteiger partial charge in [-0.3, -0.25) is 4.98 Å². The van der Waals surface area contributed by atoms with Gasteiger partial charge in [0.25, 0.3) is 0 Å². The summed E-state index contributed by atoms with van der Waals surface area (Å²) in [5, 5.41) is 1.13. The molecule has 0 radical (unpaired) electrons. The van der Waals surface area contributed by atoms with Gasteiger partial charge in [-0.2, -0.15) is 0 Å². The molecule has 2 aromatic rings. The second kappa shape index (κ2) is 3.44. The number of rotatable bonds is 1. The van der Waals surface area contributed by atoms with Crippen LogP contribution in [0.2, 0.25) is 0 Å². The lowest BCUT2D eigenvalue weighted by atomic mass is 10.2. The molecule has 2 rings (SSSR count). The van der Waals surface area contributed by atoms with Crippen LogP contribution in [0.3, 0.4) is 0 Å². The first-order valence-electron chi connectivity index (χ1n) is 4.05. The summed E-state index contributed by atoms with van der Waals surface area (Å²) in [5.74, 6) is 0. The van der Waals surface area contributed by atoms with E-state index in [-0.39, 0.29) is 0 Å². The third-order valence-electron chi connectivity index (χ3n) is 1.94. The molecule has 2 N–H and O–H groups in total. The average molecular weight is 237 g/mol. The second-order valence-electron chi connectivity index (χ2n) is 2.82. The summed E-state index contributed by atoms with van der Waals surface area (Å²) in [4.78, 5) is 4.42. The van der Waals surface area contributed by atoms with Crippen LogP contribution in [0.5, 0.6) is 0 Å². The van der Waals surface area contributed by atoms with Crippen molar-refractivity contribution >= 4 is 26.8 Å². The molecule has 0 amide bonds. The van der Waals surface area contributed by atoms with E-state index in [0.29, 0.717) is 6.54 Å². The number of halogens is 1. The maximum absolute atomic E-state index is 5.51. The van der Waals surface area contributed by atoms with E-state index in [1.807, 2.05) is 30.3 Å². The SMILES string of the molecule is NCc1ccc2cccc(Br)c2n1. The summed E-state index contributed by atoms with van der Waals surface area (Å²) in [6, 6.07) is 10.0. The molecule has 0 bridgehead atoms. The number of nitrogens with two attached hydrogens (primary N) is 1. The number of benzene rings is 1. The highest BCUT2D eigenvalue weighted by molar-refractivity contribution is 9.10. The van der Waals surface area contributed by atoms with Crippen LogP contribution >= 0.6 is 15.9 Å². The molecule has 0 unspecified atom stereocenters. The second-order valence-corrected chi connectivity index (χ2v) is 3.67. The molecule has 0 spiro atoms. The number of pyridine rings is 1. The lowest BCUT2D eigenvalue weighted by Crippen LogP contribution is -1.99. The standard InChI is InChI=1S/C10H9BrN2/c11-9-3-1-2-7-4-5-8(6-12)13-10(7)9/h1-5H,6,12H2. The Morgan fingerprint density at radius 2 is 2.08 bits per heavy atom. The maximum atomic E-state index is 5.51. The fraction of sp³-hybridized carbons (Fsp3) is 0.100. The van der Waals surface area contributed by atoms with Crippen molar-refractivity contribution in [2.24, 2.45) is 5.73 Å². The van der Waals surface area contributed by atoms with Crippen LogP contribution in [-0.2, 0) is 6.54 Å². The van der Waals surface area contributed by atoms with Crippen LogP contribution in [0.4, 0.5) is 0 Å². The Morgan fingerprint density at radius 3 is 2.85 bits per heavy atom. The molecule has 0 aliphatic rings. The van der Waals surface area contributed by atoms with Crippen molar-refractivity contribution in [2.45, 2.75) is 6.54 Å². The normalized spacial score (nSPS) is 10.6. The molecule has 0 atom stereocenters. The monoisotopic (exact) mass is 236 g/mol. The highest BCUT2D eigenvalue weighted by Gasteiger charge is 1.99. The van der Waals surface area contributed by atoms with Gasteiger partial charge in [-0.25, -0.2) is 0 Å². The molecule has 1 aromatic heterocycles. The Kier molecular flexibility index (Phi) is 2.29. The predicted octanol–water partition coefficient (Wildman–Crippen LogP) is 2.46. The molecular formula is C10H9BrN2. The fourth-order valence-electron chi connectivity index (χ4n) is 1.26. The summed E-state index contributed by atoms with van der Waals surface area (Å²) < 4.78 is 1.01. The van der Waals surface area contributed by atoms with Crippen LogP contribution < -0.4 is 5.73 Å². The highest BCUT2D eigenvalue weighted by atomic mass is 79.9. The smallest absolute Gasteiger partial charge is 0.0847 e. The van der Waals surface area contributed by atoms with Crippen molar-refractivity contribution in [1.82, 2.24) is 4.98 Å². The Hall–Kier alpha value is -0.930. The molecule has 0 saturated heterocycles. The van der Waals surface area contributed by atoms with E-state index in [1.165, 1.54) is 0 Å². The van der Waals surface area contributed by atoms with Crippen molar-refractivity contribution in [3.05, 3.63) is 40.5 Å². The topological polar surface area (TPSA) is 38.9 Å². The molecule has 13 heavy (non-hydrogen) atoms. The molecule has 1 heterocycles. The van der Waals surface area contributed by atoms with Gasteiger partial charge in [0.1, 0.15) is 0 Å². The Morgan fingerprint density at radius 1 is 1.23 bits per heavy atom. The van der Waals surface area contributed by atoms with Gasteiger partial charge >= 0.3 is 0 Å². The van der Waals surface area contributed by atoms with Gasteiger partial charge in [-0.05, 0) is 28.1 Å². The van der Waals surface area contributed by atoms with E-state index in [4.69, 9.17) is 5.73 Å². The van der Waals surface area contributed by atoms with E-state index in [9.17, 15) is 0 Å². The van der Waals surface area contributed by atoms with E-state index in [0.717, 1.165) is 21.1 Å². The molecule has 0 aliphatic carbocycles. The van der Waals surface area contributed by atoms with E-state index >= 15 is 0 Å². The van der Waals surface area contributed by atoms with Crippen molar-refractivity contribution in [3.63, 3.8) is 0 Å². The summed E-state index contributed by atoms with van der Waals surface area (Å²) in [7, 11) is 0. The average Bonchev–Trinajstić information content (AvgIpc) is 2.18. The first kappa shape index (κ1) is 8.66. The van der Waals surface area contributed by atoms with Gasteiger partial charge in [0, 0.05) is 16.4 Å². The zero-order chi connectivity index (χ0) is 9.26. The molecule has 2 nitrogen and oxygen atoms in total. The summed E-state index contributed by atoms with van der Waals surface area (Å²) in [6.07, 6.45) is 0. The minimum absolute atomic E-state index is 0.483. The van der Waals surface area contributed by atoms with Crippen molar-refractivity contribution in [3.8, 4) is 0 Å². The van der Waals surface area contributed by atoms with Crippen LogP contribution in [0.15, 0.2) is 34.8 Å². The van der Waals surface area contributed by atoms with Gasteiger partial charge < -0.3 is 5.73 Å². The number of nitrogens with zero attached hydrogens (tertiary/aromatic N) is 1. The van der Waals surface area contributed by atoms with E-state index in [1.54, 1.807) is 0 Å². The highest BCUT2D eigenvalue weighted by Crippen LogP contribution is 2.21. The molecular weight excluding hydrogens is 228 g/mol. The lowest BCUT2D eigenvalue weighted by Gasteiger charge is -2.01. The summed E-state index contributed by atoms with van der Waals surface area (Å²) in [6.45, 7) is 0.483. The number of para-hydroxylation sites is 1. The molecule has 1 aromatic carbocycles. The Bertz CT molecular complexity index is 440. The van der Waals surface area contributed by atoms with Crippen molar-refractivity contribution in [2.75, 3.05) is 0 Å². The molecule has 0 saturated carbocycles. The first-order valence-corrected chi connectivity index (χ1v) is 4.85. The largest absolute Gasteiger partial charge is 0.325 e. The molecule has 3 heteroatoms.